The largest absolute Gasteiger partial charge is 0.398 e. The van der Waals surface area contributed by atoms with Crippen molar-refractivity contribution in [2.75, 3.05) is 5.73 Å². The SMILES string of the molecule is Nc1cccc2c1CN([13CH]1CCC(=O)NC1=O)C2=O. The van der Waals surface area contributed by atoms with Crippen molar-refractivity contribution in [3.8, 4) is 0 Å². The standard InChI is InChI=1S/C13H13N3O3/c14-9-3-1-2-7-8(9)6-16(13(7)19)10-4-5-11(17)15-12(10)18/h1-3,10H,4-6,14H2,(H,15,17,18)/i10+1. The fourth-order valence-electron chi connectivity index (χ4n) is 2.61. The van der Waals surface area contributed by atoms with Crippen LogP contribution in [0.25, 0.3) is 0 Å². The molecule has 3 rings (SSSR count). The molecule has 1 unspecified atom stereocenters. The summed E-state index contributed by atoms with van der Waals surface area (Å²) in [5.41, 5.74) is 7.71. The van der Waals surface area contributed by atoms with Crippen molar-refractivity contribution in [1.29, 1.82) is 0 Å². The minimum atomic E-state index is -0.586. The molecule has 6 heteroatoms. The molecule has 19 heavy (non-hydrogen) atoms. The van der Waals surface area contributed by atoms with E-state index in [0.29, 0.717) is 24.2 Å². The summed E-state index contributed by atoms with van der Waals surface area (Å²) in [5, 5.41) is 2.27. The number of hydrogen-bond donors (Lipinski definition) is 2. The van der Waals surface area contributed by atoms with Crippen LogP contribution in [0, 0.1) is 0 Å². The molecular formula is C13H13N3O3. The number of amides is 3. The molecule has 2 heterocycles. The van der Waals surface area contributed by atoms with E-state index in [2.05, 4.69) is 5.32 Å². The summed E-state index contributed by atoms with van der Waals surface area (Å²) in [4.78, 5) is 36.7. The number of hydrogen-bond acceptors (Lipinski definition) is 4. The van der Waals surface area contributed by atoms with Crippen LogP contribution in [0.5, 0.6) is 0 Å². The smallest absolute Gasteiger partial charge is 0.255 e. The van der Waals surface area contributed by atoms with E-state index in [9.17, 15) is 14.4 Å². The number of anilines is 1. The molecule has 0 spiro atoms. The van der Waals surface area contributed by atoms with Crippen molar-refractivity contribution in [3.05, 3.63) is 29.3 Å². The van der Waals surface area contributed by atoms with Crippen LogP contribution in [-0.4, -0.2) is 28.7 Å². The van der Waals surface area contributed by atoms with Crippen LogP contribution in [0.4, 0.5) is 5.69 Å². The first-order valence-electron chi connectivity index (χ1n) is 6.10. The van der Waals surface area contributed by atoms with Crippen LogP contribution < -0.4 is 11.1 Å². The predicted molar refractivity (Wildman–Crippen MR) is 66.9 cm³/mol. The number of imide groups is 1. The van der Waals surface area contributed by atoms with E-state index < -0.39 is 11.9 Å². The number of nitrogen functional groups attached to an aromatic ring is 1. The van der Waals surface area contributed by atoms with Gasteiger partial charge in [-0.15, -0.1) is 0 Å². The summed E-state index contributed by atoms with van der Waals surface area (Å²) in [5.74, 6) is -0.891. The number of nitrogens with zero attached hydrogens (tertiary/aromatic N) is 1. The Bertz CT molecular complexity index is 597. The summed E-state index contributed by atoms with van der Waals surface area (Å²) >= 11 is 0. The Kier molecular flexibility index (Phi) is 2.51. The van der Waals surface area contributed by atoms with Gasteiger partial charge in [0.25, 0.3) is 5.91 Å². The van der Waals surface area contributed by atoms with Crippen molar-refractivity contribution in [3.63, 3.8) is 0 Å². The zero-order valence-corrected chi connectivity index (χ0v) is 10.2. The maximum Gasteiger partial charge on any atom is 0.255 e. The van der Waals surface area contributed by atoms with Gasteiger partial charge in [-0.25, -0.2) is 0 Å². The summed E-state index contributed by atoms with van der Waals surface area (Å²) < 4.78 is 0. The second-order valence-corrected chi connectivity index (χ2v) is 4.77. The summed E-state index contributed by atoms with van der Waals surface area (Å²) in [7, 11) is 0. The minimum absolute atomic E-state index is 0.197. The van der Waals surface area contributed by atoms with Crippen LogP contribution in [0.1, 0.15) is 28.8 Å². The van der Waals surface area contributed by atoms with Crippen molar-refractivity contribution < 1.29 is 14.4 Å². The third kappa shape index (κ3) is 1.76. The molecule has 1 fully saturated rings. The number of rotatable bonds is 1. The number of carbonyl (C=O) groups excluding carboxylic acids is 3. The Balaban J connectivity index is 1.90. The van der Waals surface area contributed by atoms with Crippen LogP contribution >= 0.6 is 0 Å². The third-order valence-corrected chi connectivity index (χ3v) is 3.62. The molecule has 2 aliphatic heterocycles. The van der Waals surface area contributed by atoms with Gasteiger partial charge < -0.3 is 10.6 Å². The van der Waals surface area contributed by atoms with Crippen molar-refractivity contribution in [2.24, 2.45) is 0 Å². The average Bonchev–Trinajstić information content (AvgIpc) is 2.69. The first kappa shape index (κ1) is 11.7. The highest BCUT2D eigenvalue weighted by molar-refractivity contribution is 6.06. The molecule has 0 bridgehead atoms. The van der Waals surface area contributed by atoms with Gasteiger partial charge in [0, 0.05) is 29.8 Å². The Labute approximate surface area is 109 Å². The number of fused-ring (bicyclic) bond motifs is 1. The van der Waals surface area contributed by atoms with E-state index in [1.807, 2.05) is 0 Å². The van der Waals surface area contributed by atoms with Gasteiger partial charge >= 0.3 is 0 Å². The van der Waals surface area contributed by atoms with Crippen LogP contribution in [0.2, 0.25) is 0 Å². The van der Waals surface area contributed by atoms with Crippen molar-refractivity contribution >= 4 is 23.4 Å². The Morgan fingerprint density at radius 1 is 1.26 bits per heavy atom. The van der Waals surface area contributed by atoms with E-state index in [0.717, 1.165) is 5.56 Å². The molecule has 1 aromatic rings. The second kappa shape index (κ2) is 4.08. The molecule has 1 atom stereocenters. The fraction of sp³-hybridized carbons (Fsp3) is 0.308. The average molecular weight is 260 g/mol. The number of benzene rings is 1. The van der Waals surface area contributed by atoms with E-state index >= 15 is 0 Å². The molecule has 98 valence electrons. The van der Waals surface area contributed by atoms with Gasteiger partial charge in [0.15, 0.2) is 0 Å². The van der Waals surface area contributed by atoms with Gasteiger partial charge in [0.05, 0.1) is 0 Å². The Morgan fingerprint density at radius 2 is 2.05 bits per heavy atom. The van der Waals surface area contributed by atoms with E-state index in [4.69, 9.17) is 5.73 Å². The van der Waals surface area contributed by atoms with Crippen molar-refractivity contribution in [2.45, 2.75) is 25.4 Å². The highest BCUT2D eigenvalue weighted by atomic mass is 16.2. The van der Waals surface area contributed by atoms with Gasteiger partial charge in [0.1, 0.15) is 6.04 Å². The monoisotopic (exact) mass is 260 g/mol. The molecule has 6 nitrogen and oxygen atoms in total. The van der Waals surface area contributed by atoms with Gasteiger partial charge in [-0.3, -0.25) is 19.7 Å². The highest BCUT2D eigenvalue weighted by Gasteiger charge is 2.39. The lowest BCUT2D eigenvalue weighted by atomic mass is 10.1. The number of carbonyl (C=O) groups is 3. The van der Waals surface area contributed by atoms with E-state index in [1.165, 1.54) is 4.90 Å². The predicted octanol–water partition coefficient (Wildman–Crippen LogP) is 0.0298. The number of nitrogens with two attached hydrogens (primary N) is 1. The molecule has 0 saturated carbocycles. The quantitative estimate of drug-likeness (QED) is 0.423. The topological polar surface area (TPSA) is 92.5 Å². The van der Waals surface area contributed by atoms with E-state index in [1.54, 1.807) is 18.2 Å². The molecule has 0 aliphatic carbocycles. The van der Waals surface area contributed by atoms with Crippen LogP contribution in [0.15, 0.2) is 18.2 Å². The maximum absolute atomic E-state index is 12.3. The normalized spacial score (nSPS) is 22.4. The summed E-state index contributed by atoms with van der Waals surface area (Å²) in [6.45, 7) is 0.327. The highest BCUT2D eigenvalue weighted by Crippen LogP contribution is 2.30. The lowest BCUT2D eigenvalue weighted by Crippen LogP contribution is -2.52. The molecule has 0 aromatic heterocycles. The lowest BCUT2D eigenvalue weighted by Gasteiger charge is -2.29. The van der Waals surface area contributed by atoms with E-state index in [-0.39, 0.29) is 18.2 Å². The number of nitrogens with one attached hydrogen (secondary N) is 1. The molecule has 3 N–H and O–H groups in total. The molecule has 2 aliphatic rings. The first-order valence-corrected chi connectivity index (χ1v) is 6.10. The third-order valence-electron chi connectivity index (χ3n) is 3.62. The lowest BCUT2D eigenvalue weighted by molar-refractivity contribution is -0.136. The Hall–Kier alpha value is -2.37. The van der Waals surface area contributed by atoms with Gasteiger partial charge in [-0.2, -0.15) is 0 Å². The van der Waals surface area contributed by atoms with Gasteiger partial charge in [-0.05, 0) is 18.6 Å². The molecule has 3 amide bonds. The molecule has 1 aromatic carbocycles. The Morgan fingerprint density at radius 3 is 2.74 bits per heavy atom. The van der Waals surface area contributed by atoms with Crippen molar-refractivity contribution in [1.82, 2.24) is 10.2 Å². The molecular weight excluding hydrogens is 247 g/mol. The zero-order valence-electron chi connectivity index (χ0n) is 10.2. The minimum Gasteiger partial charge on any atom is -0.398 e. The fourth-order valence-corrected chi connectivity index (χ4v) is 2.61. The molecule has 0 radical (unpaired) electrons. The number of piperidine rings is 1. The zero-order chi connectivity index (χ0) is 13.6. The summed E-state index contributed by atoms with van der Waals surface area (Å²) in [6, 6.07) is 4.58. The van der Waals surface area contributed by atoms with Gasteiger partial charge in [0.2, 0.25) is 11.8 Å². The van der Waals surface area contributed by atoms with Crippen LogP contribution in [-0.2, 0) is 16.1 Å². The first-order chi connectivity index (χ1) is 9.08. The van der Waals surface area contributed by atoms with Crippen LogP contribution in [0.3, 0.4) is 0 Å². The second-order valence-electron chi connectivity index (χ2n) is 4.77. The maximum atomic E-state index is 12.3. The molecule has 1 saturated heterocycles. The van der Waals surface area contributed by atoms with Gasteiger partial charge in [-0.1, -0.05) is 6.07 Å². The summed E-state index contributed by atoms with van der Waals surface area (Å²) in [6.07, 6.45) is 0.621.